The summed E-state index contributed by atoms with van der Waals surface area (Å²) in [4.78, 5) is 15.4. The van der Waals surface area contributed by atoms with E-state index < -0.39 is 11.9 Å². The maximum absolute atomic E-state index is 11.1. The Balaban J connectivity index is 2.67. The molecule has 1 atom stereocenters. The highest BCUT2D eigenvalue weighted by molar-refractivity contribution is 6.00. The molecule has 1 N–H and O–H groups in total. The smallest absolute Gasteiger partial charge is 0.312 e. The fourth-order valence-electron chi connectivity index (χ4n) is 1.71. The number of nitrogens with zero attached hydrogens (tertiary/aromatic N) is 1. The van der Waals surface area contributed by atoms with Crippen molar-refractivity contribution < 1.29 is 9.90 Å². The van der Waals surface area contributed by atoms with E-state index in [1.807, 2.05) is 37.3 Å². The summed E-state index contributed by atoms with van der Waals surface area (Å²) in [7, 11) is 0. The number of carboxylic acids is 1. The number of rotatable bonds is 6. The van der Waals surface area contributed by atoms with E-state index in [0.717, 1.165) is 12.0 Å². The maximum Gasteiger partial charge on any atom is 0.312 e. The van der Waals surface area contributed by atoms with Gasteiger partial charge in [0.1, 0.15) is 0 Å². The average molecular weight is 233 g/mol. The Morgan fingerprint density at radius 1 is 1.35 bits per heavy atom. The molecule has 0 aliphatic heterocycles. The lowest BCUT2D eigenvalue weighted by Gasteiger charge is -2.10. The Kier molecular flexibility index (Phi) is 5.40. The molecule has 0 aliphatic rings. The van der Waals surface area contributed by atoms with Crippen LogP contribution >= 0.6 is 0 Å². The van der Waals surface area contributed by atoms with Gasteiger partial charge in [-0.1, -0.05) is 43.7 Å². The number of aliphatic carboxylic acids is 1. The molecular formula is C14H19NO2. The third-order valence-corrected chi connectivity index (χ3v) is 2.73. The Hall–Kier alpha value is -1.64. The lowest BCUT2D eigenvalue weighted by molar-refractivity contribution is -0.139. The van der Waals surface area contributed by atoms with Crippen molar-refractivity contribution in [2.24, 2.45) is 10.9 Å². The van der Waals surface area contributed by atoms with Gasteiger partial charge in [0.25, 0.3) is 0 Å². The minimum absolute atomic E-state index is 0.441. The second-order valence-electron chi connectivity index (χ2n) is 4.12. The molecule has 0 aliphatic carbocycles. The summed E-state index contributed by atoms with van der Waals surface area (Å²) < 4.78 is 0. The fourth-order valence-corrected chi connectivity index (χ4v) is 1.71. The van der Waals surface area contributed by atoms with Crippen molar-refractivity contribution in [2.75, 3.05) is 0 Å². The third-order valence-electron chi connectivity index (χ3n) is 2.73. The average Bonchev–Trinajstić information content (AvgIpc) is 2.34. The van der Waals surface area contributed by atoms with E-state index in [2.05, 4.69) is 4.99 Å². The molecule has 1 rings (SSSR count). The van der Waals surface area contributed by atoms with Gasteiger partial charge in [0.2, 0.25) is 0 Å². The summed E-state index contributed by atoms with van der Waals surface area (Å²) in [6.07, 6.45) is 1.51. The molecule has 0 saturated heterocycles. The standard InChI is InChI=1S/C14H19NO2/c1-3-7-13(14(16)17)11(2)15-10-12-8-5-4-6-9-12/h4-6,8-9,13H,3,7,10H2,1-2H3,(H,16,17). The molecule has 1 aromatic carbocycles. The molecule has 0 fully saturated rings. The van der Waals surface area contributed by atoms with E-state index in [-0.39, 0.29) is 0 Å². The monoisotopic (exact) mass is 233 g/mol. The van der Waals surface area contributed by atoms with Gasteiger partial charge in [0, 0.05) is 5.71 Å². The van der Waals surface area contributed by atoms with Crippen LogP contribution < -0.4 is 0 Å². The topological polar surface area (TPSA) is 49.7 Å². The van der Waals surface area contributed by atoms with Crippen LogP contribution in [0.2, 0.25) is 0 Å². The molecule has 0 spiro atoms. The lowest BCUT2D eigenvalue weighted by Crippen LogP contribution is -2.21. The highest BCUT2D eigenvalue weighted by atomic mass is 16.4. The first-order chi connectivity index (χ1) is 8.15. The maximum atomic E-state index is 11.1. The van der Waals surface area contributed by atoms with Gasteiger partial charge in [0.05, 0.1) is 12.5 Å². The molecule has 0 saturated carbocycles. The van der Waals surface area contributed by atoms with E-state index in [9.17, 15) is 4.79 Å². The van der Waals surface area contributed by atoms with Crippen molar-refractivity contribution in [2.45, 2.75) is 33.2 Å². The predicted molar refractivity (Wildman–Crippen MR) is 69.3 cm³/mol. The number of hydrogen-bond donors (Lipinski definition) is 1. The number of carbonyl (C=O) groups is 1. The largest absolute Gasteiger partial charge is 0.481 e. The Morgan fingerprint density at radius 3 is 2.53 bits per heavy atom. The van der Waals surface area contributed by atoms with Crippen LogP contribution in [0.15, 0.2) is 35.3 Å². The van der Waals surface area contributed by atoms with Crippen LogP contribution in [-0.4, -0.2) is 16.8 Å². The molecule has 0 aromatic heterocycles. The van der Waals surface area contributed by atoms with E-state index in [4.69, 9.17) is 5.11 Å². The van der Waals surface area contributed by atoms with E-state index >= 15 is 0 Å². The van der Waals surface area contributed by atoms with Gasteiger partial charge in [-0.3, -0.25) is 9.79 Å². The summed E-state index contributed by atoms with van der Waals surface area (Å²) in [5.41, 5.74) is 1.82. The van der Waals surface area contributed by atoms with Crippen molar-refractivity contribution in [1.29, 1.82) is 0 Å². The quantitative estimate of drug-likeness (QED) is 0.767. The Bertz CT molecular complexity index is 384. The molecule has 1 unspecified atom stereocenters. The molecular weight excluding hydrogens is 214 g/mol. The fraction of sp³-hybridized carbons (Fsp3) is 0.429. The zero-order valence-electron chi connectivity index (χ0n) is 10.4. The minimum Gasteiger partial charge on any atom is -0.481 e. The predicted octanol–water partition coefficient (Wildman–Crippen LogP) is 3.15. The van der Waals surface area contributed by atoms with E-state index in [0.29, 0.717) is 18.7 Å². The van der Waals surface area contributed by atoms with Crippen LogP contribution in [0.4, 0.5) is 0 Å². The summed E-state index contributed by atoms with van der Waals surface area (Å²) in [6.45, 7) is 4.35. The van der Waals surface area contributed by atoms with Crippen LogP contribution in [0, 0.1) is 5.92 Å². The van der Waals surface area contributed by atoms with Gasteiger partial charge in [-0.05, 0) is 18.9 Å². The second-order valence-corrected chi connectivity index (χ2v) is 4.12. The molecule has 0 amide bonds. The summed E-state index contributed by atoms with van der Waals surface area (Å²) >= 11 is 0. The summed E-state index contributed by atoms with van der Waals surface area (Å²) in [5.74, 6) is -1.22. The Morgan fingerprint density at radius 2 is 2.00 bits per heavy atom. The third kappa shape index (κ3) is 4.39. The number of carboxylic acid groups (broad SMARTS) is 1. The SMILES string of the molecule is CCCC(C(=O)O)C(C)=NCc1ccccc1. The number of hydrogen-bond acceptors (Lipinski definition) is 2. The molecule has 0 heterocycles. The summed E-state index contributed by atoms with van der Waals surface area (Å²) in [6, 6.07) is 9.86. The van der Waals surface area contributed by atoms with Gasteiger partial charge in [-0.25, -0.2) is 0 Å². The molecule has 0 bridgehead atoms. The highest BCUT2D eigenvalue weighted by Gasteiger charge is 2.19. The first-order valence-corrected chi connectivity index (χ1v) is 5.92. The van der Waals surface area contributed by atoms with Crippen LogP contribution in [-0.2, 0) is 11.3 Å². The van der Waals surface area contributed by atoms with Crippen molar-refractivity contribution >= 4 is 11.7 Å². The van der Waals surface area contributed by atoms with Crippen LogP contribution in [0.25, 0.3) is 0 Å². The molecule has 3 heteroatoms. The van der Waals surface area contributed by atoms with Crippen molar-refractivity contribution in [1.82, 2.24) is 0 Å². The van der Waals surface area contributed by atoms with E-state index in [1.54, 1.807) is 6.92 Å². The van der Waals surface area contributed by atoms with Crippen LogP contribution in [0.1, 0.15) is 32.3 Å². The van der Waals surface area contributed by atoms with E-state index in [1.165, 1.54) is 0 Å². The summed E-state index contributed by atoms with van der Waals surface area (Å²) in [5, 5.41) is 9.09. The molecule has 17 heavy (non-hydrogen) atoms. The molecule has 92 valence electrons. The highest BCUT2D eigenvalue weighted by Crippen LogP contribution is 2.11. The van der Waals surface area contributed by atoms with Gasteiger partial charge in [-0.15, -0.1) is 0 Å². The van der Waals surface area contributed by atoms with Gasteiger partial charge < -0.3 is 5.11 Å². The van der Waals surface area contributed by atoms with Crippen molar-refractivity contribution in [3.63, 3.8) is 0 Å². The van der Waals surface area contributed by atoms with Crippen LogP contribution in [0.3, 0.4) is 0 Å². The van der Waals surface area contributed by atoms with Crippen LogP contribution in [0.5, 0.6) is 0 Å². The Labute approximate surface area is 102 Å². The lowest BCUT2D eigenvalue weighted by atomic mass is 9.99. The molecule has 0 radical (unpaired) electrons. The van der Waals surface area contributed by atoms with Gasteiger partial charge >= 0.3 is 5.97 Å². The van der Waals surface area contributed by atoms with Gasteiger partial charge in [0.15, 0.2) is 0 Å². The van der Waals surface area contributed by atoms with Gasteiger partial charge in [-0.2, -0.15) is 0 Å². The second kappa shape index (κ2) is 6.84. The molecule has 1 aromatic rings. The van der Waals surface area contributed by atoms with Crippen molar-refractivity contribution in [3.05, 3.63) is 35.9 Å². The number of aliphatic imine (C=N–C) groups is 1. The number of benzene rings is 1. The molecule has 3 nitrogen and oxygen atoms in total. The van der Waals surface area contributed by atoms with Crippen molar-refractivity contribution in [3.8, 4) is 0 Å². The zero-order chi connectivity index (χ0) is 12.7. The first kappa shape index (κ1) is 13.4. The zero-order valence-corrected chi connectivity index (χ0v) is 10.4. The first-order valence-electron chi connectivity index (χ1n) is 5.92. The normalized spacial score (nSPS) is 13.4. The minimum atomic E-state index is -0.777.